The summed E-state index contributed by atoms with van der Waals surface area (Å²) in [6.45, 7) is 13.3. The molecule has 4 saturated carbocycles. The van der Waals surface area contributed by atoms with Crippen molar-refractivity contribution >= 4 is 16.7 Å². The van der Waals surface area contributed by atoms with Crippen LogP contribution in [0.5, 0.6) is 11.5 Å². The van der Waals surface area contributed by atoms with Gasteiger partial charge in [0.15, 0.2) is 0 Å². The number of carbonyl (C=O) groups is 1. The highest BCUT2D eigenvalue weighted by Gasteiger charge is 2.55. The first kappa shape index (κ1) is 35.7. The number of aromatic hydroxyl groups is 1. The molecule has 4 aliphatic carbocycles. The number of benzene rings is 4. The van der Waals surface area contributed by atoms with E-state index in [1.807, 2.05) is 24.3 Å². The Labute approximate surface area is 290 Å². The highest BCUT2D eigenvalue weighted by molar-refractivity contribution is 5.86. The molecule has 1 N–H and O–H groups in total. The van der Waals surface area contributed by atoms with Crippen LogP contribution < -0.4 is 4.74 Å². The van der Waals surface area contributed by atoms with Gasteiger partial charge in [-0.2, -0.15) is 0 Å². The molecule has 0 radical (unpaired) electrons. The number of phenols is 1. The van der Waals surface area contributed by atoms with Gasteiger partial charge in [0.25, 0.3) is 0 Å². The van der Waals surface area contributed by atoms with Crippen LogP contribution in [-0.4, -0.2) is 11.1 Å². The highest BCUT2D eigenvalue weighted by atomic mass is 16.5. The van der Waals surface area contributed by atoms with Crippen LogP contribution in [0.25, 0.3) is 10.8 Å². The zero-order valence-electron chi connectivity index (χ0n) is 30.3. The van der Waals surface area contributed by atoms with Gasteiger partial charge >= 0.3 is 5.97 Å². The van der Waals surface area contributed by atoms with E-state index in [-0.39, 0.29) is 11.4 Å². The topological polar surface area (TPSA) is 46.5 Å². The van der Waals surface area contributed by atoms with Crippen LogP contribution in [0.3, 0.4) is 0 Å². The molecule has 0 aliphatic heterocycles. The van der Waals surface area contributed by atoms with Crippen molar-refractivity contribution in [3.63, 3.8) is 0 Å². The van der Waals surface area contributed by atoms with E-state index in [1.165, 1.54) is 53.1 Å². The van der Waals surface area contributed by atoms with E-state index >= 15 is 0 Å². The van der Waals surface area contributed by atoms with Crippen LogP contribution in [-0.2, 0) is 4.79 Å². The van der Waals surface area contributed by atoms with Gasteiger partial charge in [0.1, 0.15) is 11.5 Å². The summed E-state index contributed by atoms with van der Waals surface area (Å²) in [6.07, 6.45) is 10.8. The number of fused-ring (bicyclic) bond motifs is 1. The van der Waals surface area contributed by atoms with Crippen LogP contribution in [0.1, 0.15) is 134 Å². The van der Waals surface area contributed by atoms with Crippen molar-refractivity contribution in [1.29, 1.82) is 0 Å². The number of esters is 1. The number of hydrogen-bond donors (Lipinski definition) is 1. The third-order valence-corrected chi connectivity index (χ3v) is 11.8. The summed E-state index contributed by atoms with van der Waals surface area (Å²) in [6, 6.07) is 30.8. The first-order valence-electron chi connectivity index (χ1n) is 18.7. The van der Waals surface area contributed by atoms with Crippen molar-refractivity contribution in [3.05, 3.63) is 108 Å². The molecule has 0 saturated heterocycles. The molecule has 3 unspecified atom stereocenters. The summed E-state index contributed by atoms with van der Waals surface area (Å²) in [5.41, 5.74) is 3.93. The Balaban J connectivity index is 0.000000154. The molecule has 0 amide bonds. The second-order valence-corrected chi connectivity index (χ2v) is 15.2. The Hall–Kier alpha value is -3.59. The average Bonchev–Trinajstić information content (AvgIpc) is 3.11. The lowest BCUT2D eigenvalue weighted by Gasteiger charge is -2.55. The number of hydrogen-bond acceptors (Lipinski definition) is 3. The van der Waals surface area contributed by atoms with Gasteiger partial charge in [0, 0.05) is 0 Å². The van der Waals surface area contributed by atoms with E-state index < -0.39 is 0 Å². The van der Waals surface area contributed by atoms with Gasteiger partial charge in [0.05, 0.1) is 5.41 Å². The summed E-state index contributed by atoms with van der Waals surface area (Å²) in [7, 11) is 0. The molecule has 4 bridgehead atoms. The summed E-state index contributed by atoms with van der Waals surface area (Å²) < 4.78 is 5.83. The van der Waals surface area contributed by atoms with E-state index in [1.54, 1.807) is 12.1 Å². The summed E-state index contributed by atoms with van der Waals surface area (Å²) >= 11 is 0. The van der Waals surface area contributed by atoms with Gasteiger partial charge in [-0.25, -0.2) is 0 Å². The zero-order chi connectivity index (χ0) is 34.3. The molecule has 8 rings (SSSR count). The maximum Gasteiger partial charge on any atom is 0.317 e. The van der Waals surface area contributed by atoms with Crippen LogP contribution in [0.15, 0.2) is 91.0 Å². The van der Waals surface area contributed by atoms with Gasteiger partial charge in [-0.1, -0.05) is 108 Å². The Morgan fingerprint density at radius 3 is 1.67 bits per heavy atom. The Morgan fingerprint density at radius 1 is 0.667 bits per heavy atom. The van der Waals surface area contributed by atoms with Crippen LogP contribution in [0, 0.1) is 23.2 Å². The SMILES string of the molecule is CCC(C)c1ccc(O)cc1.CCC(C)c1ccc(OC(=O)C23CC4CC(CC(C4)C2)C3)cc1.CCC(C)c1cccc2ccccc12. The molecule has 0 spiro atoms. The summed E-state index contributed by atoms with van der Waals surface area (Å²) in [5, 5.41) is 11.8. The number of phenolic OH excluding ortho intramolecular Hbond substituents is 1. The lowest BCUT2D eigenvalue weighted by atomic mass is 9.49. The van der Waals surface area contributed by atoms with Crippen molar-refractivity contribution in [1.82, 2.24) is 0 Å². The number of rotatable bonds is 8. The van der Waals surface area contributed by atoms with Crippen LogP contribution >= 0.6 is 0 Å². The summed E-state index contributed by atoms with van der Waals surface area (Å²) in [5.74, 6) is 5.26. The fourth-order valence-electron chi connectivity index (χ4n) is 8.61. The average molecular weight is 647 g/mol. The molecule has 256 valence electrons. The van der Waals surface area contributed by atoms with Crippen LogP contribution in [0.2, 0.25) is 0 Å². The van der Waals surface area contributed by atoms with E-state index in [0.717, 1.165) is 55.6 Å². The lowest BCUT2D eigenvalue weighted by Crippen LogP contribution is -2.51. The number of ether oxygens (including phenoxy) is 1. The van der Waals surface area contributed by atoms with E-state index in [0.29, 0.717) is 23.5 Å². The normalized spacial score (nSPS) is 24.0. The quantitative estimate of drug-likeness (QED) is 0.153. The predicted octanol–water partition coefficient (Wildman–Crippen LogP) is 12.6. The molecule has 48 heavy (non-hydrogen) atoms. The maximum absolute atomic E-state index is 12.9. The van der Waals surface area contributed by atoms with Crippen LogP contribution in [0.4, 0.5) is 0 Å². The minimum atomic E-state index is -0.163. The molecule has 4 aliphatic rings. The number of carbonyl (C=O) groups excluding carboxylic acids is 1. The predicted molar refractivity (Wildman–Crippen MR) is 201 cm³/mol. The second-order valence-electron chi connectivity index (χ2n) is 15.2. The fraction of sp³-hybridized carbons (Fsp3) is 0.489. The van der Waals surface area contributed by atoms with Crippen molar-refractivity contribution < 1.29 is 14.6 Å². The molecule has 3 heteroatoms. The fourth-order valence-corrected chi connectivity index (χ4v) is 8.61. The largest absolute Gasteiger partial charge is 0.508 e. The van der Waals surface area contributed by atoms with Crippen molar-refractivity contribution in [3.8, 4) is 11.5 Å². The standard InChI is InChI=1S/C21H28O2.C14H16.C10H14O/c1-3-14(2)18-4-6-19(7-5-18)23-20(22)21-11-15-8-16(12-21)10-17(9-15)13-21;1-3-11(2)13-10-6-8-12-7-4-5-9-14(12)13;1-3-8(2)9-4-6-10(11)7-5-9/h4-7,14-17H,3,8-13H2,1-2H3;4-11H,3H2,1-2H3;4-8,11H,3H2,1-2H3. The van der Waals surface area contributed by atoms with E-state index in [9.17, 15) is 4.79 Å². The van der Waals surface area contributed by atoms with Gasteiger partial charge in [-0.3, -0.25) is 4.79 Å². The Morgan fingerprint density at radius 2 is 1.15 bits per heavy atom. The van der Waals surface area contributed by atoms with Gasteiger partial charge in [0.2, 0.25) is 0 Å². The zero-order valence-corrected chi connectivity index (χ0v) is 30.3. The first-order valence-corrected chi connectivity index (χ1v) is 18.7. The Kier molecular flexibility index (Phi) is 12.1. The van der Waals surface area contributed by atoms with Crippen molar-refractivity contribution in [2.45, 2.75) is 117 Å². The Bertz CT molecular complexity index is 1560. The summed E-state index contributed by atoms with van der Waals surface area (Å²) in [4.78, 5) is 12.9. The van der Waals surface area contributed by atoms with Crippen molar-refractivity contribution in [2.75, 3.05) is 0 Å². The molecule has 4 fully saturated rings. The van der Waals surface area contributed by atoms with E-state index in [2.05, 4.69) is 96.1 Å². The minimum absolute atomic E-state index is 0.0490. The first-order chi connectivity index (χ1) is 23.1. The molecule has 0 heterocycles. The van der Waals surface area contributed by atoms with Gasteiger partial charge < -0.3 is 9.84 Å². The maximum atomic E-state index is 12.9. The highest BCUT2D eigenvalue weighted by Crippen LogP contribution is 2.60. The molecule has 3 nitrogen and oxygen atoms in total. The van der Waals surface area contributed by atoms with Crippen molar-refractivity contribution in [2.24, 2.45) is 23.2 Å². The third kappa shape index (κ3) is 8.52. The van der Waals surface area contributed by atoms with Gasteiger partial charge in [-0.05, 0) is 145 Å². The molecular weight excluding hydrogens is 588 g/mol. The molecule has 4 aromatic rings. The molecule has 3 atom stereocenters. The smallest absolute Gasteiger partial charge is 0.317 e. The molecular formula is C45H58O3. The third-order valence-electron chi connectivity index (χ3n) is 11.8. The van der Waals surface area contributed by atoms with Gasteiger partial charge in [-0.15, -0.1) is 0 Å². The lowest BCUT2D eigenvalue weighted by molar-refractivity contribution is -0.161. The molecule has 0 aromatic heterocycles. The second kappa shape index (κ2) is 16.2. The molecule has 4 aromatic carbocycles. The monoisotopic (exact) mass is 646 g/mol. The van der Waals surface area contributed by atoms with E-state index in [4.69, 9.17) is 9.84 Å². The minimum Gasteiger partial charge on any atom is -0.508 e.